The van der Waals surface area contributed by atoms with Gasteiger partial charge >= 0.3 is 11.9 Å². The summed E-state index contributed by atoms with van der Waals surface area (Å²) in [6.07, 6.45) is 3.29. The molecule has 20 heteroatoms. The predicted molar refractivity (Wildman–Crippen MR) is 274 cm³/mol. The van der Waals surface area contributed by atoms with E-state index in [0.717, 1.165) is 11.6 Å². The van der Waals surface area contributed by atoms with Crippen LogP contribution in [0, 0.1) is 29.1 Å². The van der Waals surface area contributed by atoms with Gasteiger partial charge in [0.2, 0.25) is 11.8 Å². The second kappa shape index (κ2) is 36.0. The third kappa shape index (κ3) is 27.3. The van der Waals surface area contributed by atoms with E-state index in [0.29, 0.717) is 68.5 Å². The molecule has 11 N–H and O–H groups in total. The van der Waals surface area contributed by atoms with Crippen molar-refractivity contribution >= 4 is 58.9 Å². The van der Waals surface area contributed by atoms with Crippen LogP contribution in [0.15, 0.2) is 66.7 Å². The number of aromatic hydroxyl groups is 3. The van der Waals surface area contributed by atoms with Gasteiger partial charge in [0.1, 0.15) is 12.6 Å². The fraction of sp³-hybridized carbons (Fsp3) is 0.480. The number of rotatable bonds is 24. The van der Waals surface area contributed by atoms with Crippen LogP contribution < -0.4 is 31.0 Å². The second-order valence-electron chi connectivity index (χ2n) is 16.6. The number of carbonyl (C=O) groups excluding carboxylic acids is 4. The van der Waals surface area contributed by atoms with Gasteiger partial charge < -0.3 is 66.4 Å². The van der Waals surface area contributed by atoms with Gasteiger partial charge in [0.15, 0.2) is 34.5 Å². The maximum atomic E-state index is 13.0. The quantitative estimate of drug-likeness (QED) is 0.0121. The number of amides is 2. The molecule has 0 bridgehead atoms. The minimum atomic E-state index is -2.61. The van der Waals surface area contributed by atoms with Crippen LogP contribution in [-0.2, 0) is 30.3 Å². The van der Waals surface area contributed by atoms with Gasteiger partial charge in [-0.15, -0.1) is 0 Å². The number of aliphatic carboxylic acids is 2. The number of carbonyl (C=O) groups is 6. The Morgan fingerprint density at radius 2 is 1.33 bits per heavy atom. The van der Waals surface area contributed by atoms with Gasteiger partial charge in [0, 0.05) is 66.0 Å². The second-order valence-corrected chi connectivity index (χ2v) is 16.6. The number of halogens is 1. The Morgan fingerprint density at radius 1 is 0.786 bits per heavy atom. The van der Waals surface area contributed by atoms with Crippen LogP contribution in [0.25, 0.3) is 0 Å². The molecule has 2 amide bonds. The van der Waals surface area contributed by atoms with Gasteiger partial charge in [0.05, 0.1) is 40.4 Å². The average molecular weight is 1110 g/mol. The van der Waals surface area contributed by atoms with Crippen molar-refractivity contribution in [3.8, 4) is 34.5 Å². The lowest BCUT2D eigenvalue weighted by Gasteiger charge is -2.30. The number of alkyl halides is 1. The molecular formula is C50H74IN3O16. The number of aliphatic hydroxyl groups is 1. The summed E-state index contributed by atoms with van der Waals surface area (Å²) in [6.45, 7) is 12.3. The molecule has 19 nitrogen and oxygen atoms in total. The number of ether oxygens (including phenoxy) is 4. The molecule has 0 saturated heterocycles. The maximum Gasteiger partial charge on any atom is 0.328 e. The van der Waals surface area contributed by atoms with Crippen molar-refractivity contribution in [3.05, 3.63) is 83.4 Å². The number of hydrogen-bond donors (Lipinski definition) is 9. The van der Waals surface area contributed by atoms with E-state index in [1.54, 1.807) is 33.1 Å². The highest BCUT2D eigenvalue weighted by atomic mass is 127. The fourth-order valence-electron chi connectivity index (χ4n) is 5.76. The molecule has 0 aliphatic carbocycles. The highest BCUT2D eigenvalue weighted by Crippen LogP contribution is 2.32. The normalized spacial score (nSPS) is 14.8. The SMILES string of the molecule is O=C(O)/C=C/C(=O)O.O=Cc1ccc(O)c(O)c1.[2H]C([2H])([2H])I.[2H]C([2H])([2H])Oc1ccc(C=O)cc1O.[2H]C([2H])([2H])Oc1ccc(C[C@@H](C[C@H](N)[C@@H](O)C[C@H](C(=O)NCC(C)(C)C(N)=O)C(C)C)C(C)C)cc1OCCCOC. The summed E-state index contributed by atoms with van der Waals surface area (Å²) >= 11 is 1.38. The highest BCUT2D eigenvalue weighted by Gasteiger charge is 2.32. The fourth-order valence-corrected chi connectivity index (χ4v) is 5.76. The zero-order chi connectivity index (χ0) is 61.6. The predicted octanol–water partition coefficient (Wildman–Crippen LogP) is 6.18. The number of carboxylic acid groups (broad SMARTS) is 2. The van der Waals surface area contributed by atoms with Crippen LogP contribution in [0.4, 0.5) is 0 Å². The molecule has 3 aromatic rings. The van der Waals surface area contributed by atoms with Gasteiger partial charge in [-0.1, -0.05) is 56.4 Å². The van der Waals surface area contributed by atoms with Crippen LogP contribution >= 0.6 is 22.6 Å². The molecule has 0 saturated carbocycles. The standard InChI is InChI=1S/C30H53N3O6.C8H8O3.C7H6O3.C4H4O4.CH3I/c1-19(2)22(14-21-10-11-26(38-8)27(15-21)39-13-9-12-37-7)16-24(31)25(34)17-23(20(3)4)28(35)33-18-30(5,6)29(32)36;1-11-8-3-2-6(5-9)4-7(8)10;8-4-5-1-2-6(9)7(10)3-5;5-3(6)1-2-4(7)8;1-2/h10-11,15,19-20,22-25,34H,9,12-14,16-18,31H2,1-8H3,(H2,32,36)(H,33,35);2-5,10H,1H3;1-4,9-10H;1-2H,(H,5,6)(H,7,8);1H3/b;;;2-1+;/t22-,23-,24-,25-;;;;/m0..../s1/i8D3;1D3;;;1D3. The summed E-state index contributed by atoms with van der Waals surface area (Å²) in [4.78, 5) is 62.3. The van der Waals surface area contributed by atoms with Crippen LogP contribution in [0.5, 0.6) is 34.5 Å². The van der Waals surface area contributed by atoms with E-state index in [1.807, 2.05) is 19.9 Å². The summed E-state index contributed by atoms with van der Waals surface area (Å²) in [5.74, 6) is -4.04. The number of hydrogen-bond acceptors (Lipinski definition) is 15. The summed E-state index contributed by atoms with van der Waals surface area (Å²) < 4.78 is 82.1. The zero-order valence-electron chi connectivity index (χ0n) is 49.2. The molecule has 3 rings (SSSR count). The number of carboxylic acids is 2. The van der Waals surface area contributed by atoms with E-state index in [9.17, 15) is 39.0 Å². The van der Waals surface area contributed by atoms with Crippen molar-refractivity contribution < 1.29 is 90.7 Å². The van der Waals surface area contributed by atoms with E-state index < -0.39 is 60.3 Å². The minimum Gasteiger partial charge on any atom is -0.504 e. The van der Waals surface area contributed by atoms with E-state index in [-0.39, 0.29) is 70.9 Å². The largest absolute Gasteiger partial charge is 0.504 e. The monoisotopic (exact) mass is 1110 g/mol. The third-order valence-corrected chi connectivity index (χ3v) is 10.1. The molecule has 0 aromatic heterocycles. The molecule has 3 aromatic carbocycles. The van der Waals surface area contributed by atoms with Crippen LogP contribution in [0.3, 0.4) is 0 Å². The number of nitrogens with one attached hydrogen (secondary N) is 1. The Kier molecular flexibility index (Phi) is 26.0. The van der Waals surface area contributed by atoms with Crippen molar-refractivity contribution in [2.45, 2.75) is 79.4 Å². The number of aliphatic hydroxyl groups excluding tert-OH is 1. The molecule has 0 unspecified atom stereocenters. The first-order valence-corrected chi connectivity index (χ1v) is 22.5. The third-order valence-electron chi connectivity index (χ3n) is 10.1. The molecule has 0 aliphatic heterocycles. The van der Waals surface area contributed by atoms with E-state index in [4.69, 9.17) is 58.4 Å². The first kappa shape index (κ1) is 50.4. The van der Waals surface area contributed by atoms with Gasteiger partial charge in [-0.05, 0) is 110 Å². The number of nitrogens with two attached hydrogens (primary N) is 2. The van der Waals surface area contributed by atoms with E-state index in [1.165, 1.54) is 52.9 Å². The first-order valence-electron chi connectivity index (χ1n) is 25.9. The van der Waals surface area contributed by atoms with Gasteiger partial charge in [-0.3, -0.25) is 19.2 Å². The Balaban J connectivity index is 0. The van der Waals surface area contributed by atoms with Crippen molar-refractivity contribution in [2.24, 2.45) is 40.6 Å². The Hall–Kier alpha value is -5.97. The maximum absolute atomic E-state index is 13.0. The Labute approximate surface area is 437 Å². The van der Waals surface area contributed by atoms with Crippen molar-refractivity contribution in [3.63, 3.8) is 0 Å². The van der Waals surface area contributed by atoms with Crippen LogP contribution in [0.2, 0.25) is 0 Å². The molecule has 0 radical (unpaired) electrons. The molecule has 0 spiro atoms. The number of aldehydes is 2. The molecule has 4 atom stereocenters. The van der Waals surface area contributed by atoms with Crippen molar-refractivity contribution in [2.75, 3.05) is 45.8 Å². The molecule has 392 valence electrons. The summed E-state index contributed by atoms with van der Waals surface area (Å²) in [5.41, 5.74) is 12.6. The van der Waals surface area contributed by atoms with E-state index in [2.05, 4.69) is 23.9 Å². The van der Waals surface area contributed by atoms with Gasteiger partial charge in [0.25, 0.3) is 0 Å². The summed E-state index contributed by atoms with van der Waals surface area (Å²) in [5, 5.41) is 56.3. The summed E-state index contributed by atoms with van der Waals surface area (Å²) in [6, 6.07) is 12.2. The number of methoxy groups -OCH3 is 3. The highest BCUT2D eigenvalue weighted by molar-refractivity contribution is 14.1. The average Bonchev–Trinajstić information content (AvgIpc) is 3.31. The van der Waals surface area contributed by atoms with Gasteiger partial charge in [-0.2, -0.15) is 0 Å². The lowest BCUT2D eigenvalue weighted by Crippen LogP contribution is -2.46. The molecule has 0 heterocycles. The molecule has 0 fully saturated rings. The van der Waals surface area contributed by atoms with Crippen LogP contribution in [0.1, 0.15) is 99.4 Å². The minimum absolute atomic E-state index is 0.0534. The topological polar surface area (TPSA) is 325 Å². The number of benzene rings is 3. The number of primary amides is 1. The van der Waals surface area contributed by atoms with Crippen molar-refractivity contribution in [1.29, 1.82) is 0 Å². The summed E-state index contributed by atoms with van der Waals surface area (Å²) in [7, 11) is -3.62. The van der Waals surface area contributed by atoms with E-state index >= 15 is 0 Å². The molecular weight excluding hydrogens is 1030 g/mol. The molecule has 70 heavy (non-hydrogen) atoms. The smallest absolute Gasteiger partial charge is 0.328 e. The molecule has 0 aliphatic rings. The zero-order valence-corrected chi connectivity index (χ0v) is 42.4. The first-order chi connectivity index (χ1) is 36.2. The van der Waals surface area contributed by atoms with Gasteiger partial charge in [-0.25, -0.2) is 9.59 Å². The van der Waals surface area contributed by atoms with Crippen molar-refractivity contribution in [1.82, 2.24) is 5.32 Å². The Morgan fingerprint density at radius 3 is 1.80 bits per heavy atom. The number of phenols is 3. The lowest BCUT2D eigenvalue weighted by atomic mass is 9.80. The number of phenolic OH excluding ortho intramolecular Hbond substituents is 3. The lowest BCUT2D eigenvalue weighted by molar-refractivity contribution is -0.134. The van der Waals surface area contributed by atoms with Crippen LogP contribution in [-0.4, -0.2) is 125 Å². The Bertz CT molecular complexity index is 2380.